The second-order valence-corrected chi connectivity index (χ2v) is 7.05. The van der Waals surface area contributed by atoms with E-state index < -0.39 is 0 Å². The largest absolute Gasteiger partial charge is 0.445 e. The van der Waals surface area contributed by atoms with Crippen LogP contribution < -0.4 is 5.73 Å². The molecule has 4 saturated carbocycles. The molecule has 4 aliphatic carbocycles. The first-order chi connectivity index (χ1) is 9.24. The predicted molar refractivity (Wildman–Crippen MR) is 73.8 cm³/mol. The van der Waals surface area contributed by atoms with Gasteiger partial charge in [0.1, 0.15) is 5.76 Å². The van der Waals surface area contributed by atoms with Crippen LogP contribution in [0.25, 0.3) is 0 Å². The normalized spacial score (nSPS) is 40.0. The van der Waals surface area contributed by atoms with E-state index >= 15 is 0 Å². The summed E-state index contributed by atoms with van der Waals surface area (Å²) in [6.45, 7) is 2.70. The van der Waals surface area contributed by atoms with Gasteiger partial charge in [0.25, 0.3) is 0 Å². The summed E-state index contributed by atoms with van der Waals surface area (Å²) in [6, 6.07) is 0. The van der Waals surface area contributed by atoms with Crippen LogP contribution in [0.5, 0.6) is 0 Å². The Balaban J connectivity index is 1.63. The maximum Gasteiger partial charge on any atom is 0.198 e. The number of hydrogen-bond donors (Lipinski definition) is 1. The fraction of sp³-hybridized carbons (Fsp3) is 0.812. The van der Waals surface area contributed by atoms with Gasteiger partial charge in [-0.05, 0) is 69.2 Å². The summed E-state index contributed by atoms with van der Waals surface area (Å²) in [5.41, 5.74) is 6.74. The van der Waals surface area contributed by atoms with Crippen molar-refractivity contribution in [3.05, 3.63) is 17.3 Å². The Morgan fingerprint density at radius 1 is 1.11 bits per heavy atom. The van der Waals surface area contributed by atoms with Gasteiger partial charge in [0, 0.05) is 12.3 Å². The quantitative estimate of drug-likeness (QED) is 0.909. The maximum absolute atomic E-state index is 6.03. The summed E-state index contributed by atoms with van der Waals surface area (Å²) >= 11 is 0. The van der Waals surface area contributed by atoms with E-state index in [2.05, 4.69) is 0 Å². The van der Waals surface area contributed by atoms with Crippen LogP contribution in [0.3, 0.4) is 0 Å². The van der Waals surface area contributed by atoms with Crippen LogP contribution in [0.15, 0.2) is 4.42 Å². The Labute approximate surface area is 115 Å². The van der Waals surface area contributed by atoms with Crippen LogP contribution in [-0.2, 0) is 6.42 Å². The summed E-state index contributed by atoms with van der Waals surface area (Å²) < 4.78 is 6.03. The molecule has 0 unspecified atom stereocenters. The Morgan fingerprint density at radius 3 is 2.32 bits per heavy atom. The molecule has 3 nitrogen and oxygen atoms in total. The average molecular weight is 260 g/mol. The van der Waals surface area contributed by atoms with Crippen molar-refractivity contribution in [1.82, 2.24) is 4.98 Å². The molecule has 1 heterocycles. The molecule has 0 saturated heterocycles. The molecule has 1 aromatic heterocycles. The highest BCUT2D eigenvalue weighted by molar-refractivity contribution is 5.15. The first-order valence-corrected chi connectivity index (χ1v) is 7.91. The Hall–Kier alpha value is -0.830. The van der Waals surface area contributed by atoms with E-state index in [0.29, 0.717) is 12.5 Å². The van der Waals surface area contributed by atoms with Crippen molar-refractivity contribution in [3.63, 3.8) is 0 Å². The molecule has 104 valence electrons. The van der Waals surface area contributed by atoms with Gasteiger partial charge in [-0.1, -0.05) is 0 Å². The lowest BCUT2D eigenvalue weighted by molar-refractivity contribution is -0.0116. The molecule has 0 atom stereocenters. The SMILES string of the molecule is Cc1oc(C2C3CC4CC(C3)CC2C4)nc1CCN. The molecule has 0 radical (unpaired) electrons. The third kappa shape index (κ3) is 1.85. The lowest BCUT2D eigenvalue weighted by Crippen LogP contribution is -2.43. The Morgan fingerprint density at radius 2 is 1.74 bits per heavy atom. The smallest absolute Gasteiger partial charge is 0.198 e. The second-order valence-electron chi connectivity index (χ2n) is 7.05. The molecule has 4 bridgehead atoms. The molecule has 5 rings (SSSR count). The van der Waals surface area contributed by atoms with Gasteiger partial charge in [0.2, 0.25) is 0 Å². The van der Waals surface area contributed by atoms with Crippen LogP contribution in [0, 0.1) is 30.6 Å². The third-order valence-electron chi connectivity index (χ3n) is 5.80. The number of oxazole rings is 1. The molecular formula is C16H24N2O. The maximum atomic E-state index is 6.03. The minimum Gasteiger partial charge on any atom is -0.445 e. The van der Waals surface area contributed by atoms with Crippen LogP contribution in [-0.4, -0.2) is 11.5 Å². The van der Waals surface area contributed by atoms with Crippen molar-refractivity contribution in [3.8, 4) is 0 Å². The molecule has 4 fully saturated rings. The number of rotatable bonds is 3. The molecule has 1 aromatic rings. The first-order valence-electron chi connectivity index (χ1n) is 7.91. The zero-order valence-corrected chi connectivity index (χ0v) is 11.8. The topological polar surface area (TPSA) is 52.0 Å². The summed E-state index contributed by atoms with van der Waals surface area (Å²) in [4.78, 5) is 4.80. The van der Waals surface area contributed by atoms with E-state index in [1.165, 1.54) is 32.1 Å². The van der Waals surface area contributed by atoms with Crippen LogP contribution in [0.2, 0.25) is 0 Å². The van der Waals surface area contributed by atoms with Gasteiger partial charge in [0.15, 0.2) is 5.89 Å². The van der Waals surface area contributed by atoms with Gasteiger partial charge in [0.05, 0.1) is 5.69 Å². The van der Waals surface area contributed by atoms with Crippen molar-refractivity contribution < 1.29 is 4.42 Å². The molecule has 4 aliphatic rings. The van der Waals surface area contributed by atoms with Crippen LogP contribution in [0.4, 0.5) is 0 Å². The monoisotopic (exact) mass is 260 g/mol. The van der Waals surface area contributed by atoms with E-state index in [9.17, 15) is 0 Å². The number of nitrogens with zero attached hydrogens (tertiary/aromatic N) is 1. The second kappa shape index (κ2) is 4.34. The number of aryl methyl sites for hydroxylation is 1. The highest BCUT2D eigenvalue weighted by atomic mass is 16.4. The first kappa shape index (κ1) is 12.0. The number of nitrogens with two attached hydrogens (primary N) is 1. The van der Waals surface area contributed by atoms with Crippen molar-refractivity contribution in [2.24, 2.45) is 29.4 Å². The lowest BCUT2D eigenvalue weighted by atomic mass is 9.52. The molecule has 0 amide bonds. The van der Waals surface area contributed by atoms with Crippen molar-refractivity contribution in [1.29, 1.82) is 0 Å². The molecule has 0 aromatic carbocycles. The molecule has 0 spiro atoms. The van der Waals surface area contributed by atoms with E-state index in [1.54, 1.807) is 0 Å². The van der Waals surface area contributed by atoms with E-state index in [0.717, 1.165) is 47.4 Å². The zero-order chi connectivity index (χ0) is 13.0. The Kier molecular flexibility index (Phi) is 2.73. The van der Waals surface area contributed by atoms with Gasteiger partial charge >= 0.3 is 0 Å². The molecular weight excluding hydrogens is 236 g/mol. The zero-order valence-electron chi connectivity index (χ0n) is 11.8. The predicted octanol–water partition coefficient (Wildman–Crippen LogP) is 3.02. The van der Waals surface area contributed by atoms with Crippen molar-refractivity contribution in [2.75, 3.05) is 6.54 Å². The summed E-state index contributed by atoms with van der Waals surface area (Å²) in [5.74, 6) is 6.36. The minimum absolute atomic E-state index is 0.609. The third-order valence-corrected chi connectivity index (χ3v) is 5.80. The molecule has 2 N–H and O–H groups in total. The van der Waals surface area contributed by atoms with Crippen molar-refractivity contribution >= 4 is 0 Å². The van der Waals surface area contributed by atoms with Crippen LogP contribution >= 0.6 is 0 Å². The van der Waals surface area contributed by atoms with Gasteiger partial charge in [-0.25, -0.2) is 4.98 Å². The number of hydrogen-bond acceptors (Lipinski definition) is 3. The minimum atomic E-state index is 0.609. The lowest BCUT2D eigenvalue weighted by Gasteiger charge is -2.53. The van der Waals surface area contributed by atoms with E-state index in [-0.39, 0.29) is 0 Å². The Bertz CT molecular complexity index is 451. The number of aromatic nitrogens is 1. The summed E-state index contributed by atoms with van der Waals surface area (Å²) in [5, 5.41) is 0. The molecule has 19 heavy (non-hydrogen) atoms. The van der Waals surface area contributed by atoms with Gasteiger partial charge in [-0.2, -0.15) is 0 Å². The van der Waals surface area contributed by atoms with E-state index in [1.807, 2.05) is 6.92 Å². The van der Waals surface area contributed by atoms with Gasteiger partial charge < -0.3 is 10.2 Å². The summed E-state index contributed by atoms with van der Waals surface area (Å²) in [6.07, 6.45) is 8.04. The van der Waals surface area contributed by atoms with Crippen molar-refractivity contribution in [2.45, 2.75) is 51.4 Å². The average Bonchev–Trinajstić information content (AvgIpc) is 2.70. The molecule has 0 aliphatic heterocycles. The summed E-state index contributed by atoms with van der Waals surface area (Å²) in [7, 11) is 0. The molecule has 3 heteroatoms. The standard InChI is InChI=1S/C16H24N2O/c1-9-14(2-3-17)18-16(19-9)15-12-5-10-4-11(7-12)8-13(15)6-10/h10-13,15H,2-8,17H2,1H3. The van der Waals surface area contributed by atoms with Gasteiger partial charge in [-0.3, -0.25) is 0 Å². The van der Waals surface area contributed by atoms with Gasteiger partial charge in [-0.15, -0.1) is 0 Å². The fourth-order valence-electron chi connectivity index (χ4n) is 5.29. The highest BCUT2D eigenvalue weighted by Crippen LogP contribution is 2.59. The van der Waals surface area contributed by atoms with E-state index in [4.69, 9.17) is 15.1 Å². The fourth-order valence-corrected chi connectivity index (χ4v) is 5.29. The highest BCUT2D eigenvalue weighted by Gasteiger charge is 2.50. The van der Waals surface area contributed by atoms with Crippen LogP contribution in [0.1, 0.15) is 55.4 Å².